The lowest BCUT2D eigenvalue weighted by atomic mass is 9.84. The highest BCUT2D eigenvalue weighted by Gasteiger charge is 2.58. The molecule has 0 bridgehead atoms. The van der Waals surface area contributed by atoms with Gasteiger partial charge in [0.05, 0.1) is 12.1 Å². The summed E-state index contributed by atoms with van der Waals surface area (Å²) in [5.74, 6) is -0.671. The number of carboxylic acids is 1. The van der Waals surface area contributed by atoms with Crippen molar-refractivity contribution in [2.24, 2.45) is 16.8 Å². The van der Waals surface area contributed by atoms with Gasteiger partial charge in [0, 0.05) is 24.4 Å². The zero-order valence-corrected chi connectivity index (χ0v) is 26.4. The number of fused-ring (bicyclic) bond motifs is 1. The van der Waals surface area contributed by atoms with Crippen LogP contribution >= 0.6 is 0 Å². The number of aromatic hydroxyl groups is 1. The van der Waals surface area contributed by atoms with Crippen molar-refractivity contribution in [1.82, 2.24) is 10.6 Å². The molecule has 0 aromatic heterocycles. The van der Waals surface area contributed by atoms with Crippen molar-refractivity contribution in [2.45, 2.75) is 50.0 Å². The summed E-state index contributed by atoms with van der Waals surface area (Å²) < 4.78 is 17.5. The predicted octanol–water partition coefficient (Wildman–Crippen LogP) is 1.70. The van der Waals surface area contributed by atoms with Gasteiger partial charge in [-0.05, 0) is 80.2 Å². The number of ether oxygens (including phenoxy) is 3. The number of rotatable bonds is 14. The molecule has 0 saturated carbocycles. The largest absolute Gasteiger partial charge is 0.508 e. The van der Waals surface area contributed by atoms with Gasteiger partial charge >= 0.3 is 5.97 Å². The lowest BCUT2D eigenvalue weighted by Gasteiger charge is -2.47. The highest BCUT2D eigenvalue weighted by atomic mass is 16.7. The standard InChI is InChI=1S/C34H43N3O10/c1-19(9-11-35-2)22(13-20-10-12-36-15-20)16-37-18-34(44)31(41)29(40)30(32(42)43)47-33(34)46-24-7-8-25-27(14-24)45-17-26(28(25)39)21-3-5-23(38)6-4-21/h3-8,10,14-15,19,22,29-31,33,35,37-41,44H,9,11-13,16-18H2,1-2H3,(H,42,43). The molecular formula is C34H43N3O10. The number of phenols is 1. The van der Waals surface area contributed by atoms with Gasteiger partial charge in [-0.2, -0.15) is 0 Å². The lowest BCUT2D eigenvalue weighted by Crippen LogP contribution is -2.71. The summed E-state index contributed by atoms with van der Waals surface area (Å²) in [6.07, 6.45) is -1.84. The number of hydrogen-bond acceptors (Lipinski definition) is 12. The summed E-state index contributed by atoms with van der Waals surface area (Å²) in [5.41, 5.74) is 0.410. The summed E-state index contributed by atoms with van der Waals surface area (Å²) >= 11 is 0. The van der Waals surface area contributed by atoms with Gasteiger partial charge in [0.15, 0.2) is 11.7 Å². The molecule has 47 heavy (non-hydrogen) atoms. The third kappa shape index (κ3) is 7.61. The van der Waals surface area contributed by atoms with Crippen molar-refractivity contribution in [2.75, 3.05) is 39.8 Å². The Kier molecular flexibility index (Phi) is 10.8. The summed E-state index contributed by atoms with van der Waals surface area (Å²) in [7, 11) is 1.89. The van der Waals surface area contributed by atoms with Crippen molar-refractivity contribution in [3.8, 4) is 17.2 Å². The van der Waals surface area contributed by atoms with Crippen LogP contribution in [0.2, 0.25) is 0 Å². The fraction of sp³-hybridized carbons (Fsp3) is 0.471. The van der Waals surface area contributed by atoms with E-state index in [0.717, 1.165) is 25.0 Å². The molecule has 3 aliphatic rings. The Morgan fingerprint density at radius 2 is 1.94 bits per heavy atom. The first-order valence-electron chi connectivity index (χ1n) is 15.7. The number of phenolic OH excluding ortho intramolecular Hbond substituents is 1. The van der Waals surface area contributed by atoms with Crippen LogP contribution in [-0.2, 0) is 9.53 Å². The van der Waals surface area contributed by atoms with Crippen LogP contribution in [0.5, 0.6) is 17.2 Å². The Balaban J connectivity index is 1.35. The van der Waals surface area contributed by atoms with Crippen molar-refractivity contribution in [1.29, 1.82) is 0 Å². The minimum Gasteiger partial charge on any atom is -0.508 e. The Morgan fingerprint density at radius 3 is 2.62 bits per heavy atom. The molecule has 1 fully saturated rings. The average molecular weight is 654 g/mol. The SMILES string of the molecule is CNCCC(C)C(CNCC1(O)C(Oc2ccc3c(c2)OCC(c2ccc(O)cc2)=C3O)OC(C(=O)O)C(O)C1O)CC1=CCN=C1. The van der Waals surface area contributed by atoms with E-state index in [1.54, 1.807) is 12.1 Å². The van der Waals surface area contributed by atoms with Crippen LogP contribution in [0, 0.1) is 11.8 Å². The number of benzene rings is 2. The maximum absolute atomic E-state index is 11.9. The molecule has 5 rings (SSSR count). The normalized spacial score (nSPS) is 26.7. The van der Waals surface area contributed by atoms with Gasteiger partial charge in [0.25, 0.3) is 0 Å². The second kappa shape index (κ2) is 14.8. The second-order valence-corrected chi connectivity index (χ2v) is 12.3. The predicted molar refractivity (Wildman–Crippen MR) is 174 cm³/mol. The number of nitrogens with one attached hydrogen (secondary N) is 2. The third-order valence-corrected chi connectivity index (χ3v) is 9.08. The van der Waals surface area contributed by atoms with Crippen molar-refractivity contribution in [3.63, 3.8) is 0 Å². The Hall–Kier alpha value is -3.98. The van der Waals surface area contributed by atoms with Crippen LogP contribution in [0.1, 0.15) is 30.9 Å². The number of aliphatic hydroxyl groups excluding tert-OH is 3. The first-order valence-corrected chi connectivity index (χ1v) is 15.7. The molecule has 1 saturated heterocycles. The fourth-order valence-corrected chi connectivity index (χ4v) is 6.10. The number of aliphatic hydroxyl groups is 4. The number of allylic oxidation sites excluding steroid dienone is 1. The maximum Gasteiger partial charge on any atom is 0.335 e. The Morgan fingerprint density at radius 1 is 1.17 bits per heavy atom. The van der Waals surface area contributed by atoms with Crippen molar-refractivity contribution >= 4 is 23.5 Å². The number of carbonyl (C=O) groups is 1. The van der Waals surface area contributed by atoms with E-state index in [0.29, 0.717) is 29.8 Å². The minimum absolute atomic E-state index is 0.0174. The summed E-state index contributed by atoms with van der Waals surface area (Å²) in [6, 6.07) is 10.8. The Labute approximate surface area is 272 Å². The van der Waals surface area contributed by atoms with E-state index in [4.69, 9.17) is 14.2 Å². The lowest BCUT2D eigenvalue weighted by molar-refractivity contribution is -0.311. The zero-order chi connectivity index (χ0) is 33.7. The molecule has 254 valence electrons. The minimum atomic E-state index is -2.26. The van der Waals surface area contributed by atoms with Gasteiger partial charge in [-0.25, -0.2) is 4.79 Å². The van der Waals surface area contributed by atoms with Crippen LogP contribution in [-0.4, -0.2) is 113 Å². The van der Waals surface area contributed by atoms with Crippen LogP contribution in [0.4, 0.5) is 0 Å². The highest BCUT2D eigenvalue weighted by molar-refractivity contribution is 5.91. The highest BCUT2D eigenvalue weighted by Crippen LogP contribution is 2.39. The maximum atomic E-state index is 11.9. The monoisotopic (exact) mass is 653 g/mol. The van der Waals surface area contributed by atoms with Gasteiger partial charge in [-0.15, -0.1) is 0 Å². The van der Waals surface area contributed by atoms with E-state index >= 15 is 0 Å². The van der Waals surface area contributed by atoms with E-state index in [2.05, 4.69) is 28.6 Å². The molecule has 7 atom stereocenters. The molecule has 13 nitrogen and oxygen atoms in total. The van der Waals surface area contributed by atoms with Gasteiger partial charge in [-0.1, -0.05) is 25.1 Å². The van der Waals surface area contributed by atoms with Gasteiger partial charge in [0.2, 0.25) is 6.29 Å². The number of carboxylic acid groups (broad SMARTS) is 1. The number of aliphatic imine (C=N–C) groups is 1. The molecule has 0 radical (unpaired) electrons. The number of hydrogen-bond donors (Lipinski definition) is 8. The molecule has 8 N–H and O–H groups in total. The Bertz CT molecular complexity index is 1510. The van der Waals surface area contributed by atoms with Crippen molar-refractivity contribution in [3.05, 3.63) is 65.2 Å². The van der Waals surface area contributed by atoms with E-state index < -0.39 is 36.2 Å². The first-order chi connectivity index (χ1) is 22.5. The summed E-state index contributed by atoms with van der Waals surface area (Å²) in [5, 5.41) is 70.2. The van der Waals surface area contributed by atoms with Gasteiger partial charge in [0.1, 0.15) is 41.8 Å². The molecule has 2 aromatic rings. The van der Waals surface area contributed by atoms with Crippen LogP contribution in [0.25, 0.3) is 11.3 Å². The molecule has 13 heteroatoms. The third-order valence-electron chi connectivity index (χ3n) is 9.08. The molecule has 7 unspecified atom stereocenters. The van der Waals surface area contributed by atoms with Crippen LogP contribution in [0.15, 0.2) is 59.1 Å². The van der Waals surface area contributed by atoms with Crippen molar-refractivity contribution < 1.29 is 49.6 Å². The van der Waals surface area contributed by atoms with E-state index in [1.165, 1.54) is 30.3 Å². The average Bonchev–Trinajstić information content (AvgIpc) is 3.57. The first kappa shape index (κ1) is 34.4. The second-order valence-electron chi connectivity index (χ2n) is 12.3. The quantitative estimate of drug-likeness (QED) is 0.147. The summed E-state index contributed by atoms with van der Waals surface area (Å²) in [6.45, 7) is 3.80. The van der Waals surface area contributed by atoms with E-state index in [1.807, 2.05) is 13.3 Å². The van der Waals surface area contributed by atoms with Crippen LogP contribution in [0.3, 0.4) is 0 Å². The van der Waals surface area contributed by atoms with Gasteiger partial charge < -0.3 is 55.5 Å². The molecule has 3 heterocycles. The molecule has 3 aliphatic heterocycles. The molecule has 0 spiro atoms. The fourth-order valence-electron chi connectivity index (χ4n) is 6.10. The summed E-state index contributed by atoms with van der Waals surface area (Å²) in [4.78, 5) is 16.2. The zero-order valence-electron chi connectivity index (χ0n) is 26.4. The molecule has 0 aliphatic carbocycles. The van der Waals surface area contributed by atoms with E-state index in [9.17, 15) is 35.4 Å². The van der Waals surface area contributed by atoms with Gasteiger partial charge in [-0.3, -0.25) is 4.99 Å². The number of nitrogens with zero attached hydrogens (tertiary/aromatic N) is 1. The molecule has 0 amide bonds. The van der Waals surface area contributed by atoms with E-state index in [-0.39, 0.29) is 48.0 Å². The molecular weight excluding hydrogens is 610 g/mol. The number of aliphatic carboxylic acids is 1. The molecule has 2 aromatic carbocycles. The smallest absolute Gasteiger partial charge is 0.335 e. The van der Waals surface area contributed by atoms with Crippen LogP contribution < -0.4 is 20.1 Å². The topological polar surface area (TPSA) is 203 Å².